The molecule has 6 heteroatoms. The number of carbonyl (C=O) groups excluding carboxylic acids is 1. The minimum absolute atomic E-state index is 0.137. The van der Waals surface area contributed by atoms with Gasteiger partial charge in [0.15, 0.2) is 5.82 Å². The Bertz CT molecular complexity index is 714. The van der Waals surface area contributed by atoms with Gasteiger partial charge in [-0.15, -0.1) is 0 Å². The Labute approximate surface area is 121 Å². The molecular formula is C15H15F2N3O. The molecule has 110 valence electrons. The van der Waals surface area contributed by atoms with E-state index in [2.05, 4.69) is 0 Å². The first-order valence-electron chi connectivity index (χ1n) is 6.18. The molecule has 0 aliphatic heterocycles. The topological polar surface area (TPSA) is 72.3 Å². The maximum absolute atomic E-state index is 14.3. The minimum Gasteiger partial charge on any atom is -0.397 e. The van der Waals surface area contributed by atoms with Crippen LogP contribution in [0.1, 0.15) is 10.4 Å². The highest BCUT2D eigenvalue weighted by atomic mass is 19.1. The van der Waals surface area contributed by atoms with Crippen molar-refractivity contribution in [2.75, 3.05) is 25.6 Å². The Hall–Kier alpha value is -2.63. The predicted octanol–water partition coefficient (Wildman–Crippen LogP) is 2.50. The minimum atomic E-state index is -0.966. The van der Waals surface area contributed by atoms with E-state index >= 15 is 0 Å². The highest BCUT2D eigenvalue weighted by Crippen LogP contribution is 2.35. The number of amides is 1. The van der Waals surface area contributed by atoms with Crippen LogP contribution in [-0.4, -0.2) is 24.9 Å². The van der Waals surface area contributed by atoms with E-state index in [9.17, 15) is 13.6 Å². The van der Waals surface area contributed by atoms with Gasteiger partial charge in [-0.25, -0.2) is 8.78 Å². The van der Waals surface area contributed by atoms with Gasteiger partial charge in [0, 0.05) is 25.2 Å². The van der Waals surface area contributed by atoms with Crippen LogP contribution in [0.3, 0.4) is 0 Å². The van der Waals surface area contributed by atoms with Crippen molar-refractivity contribution in [2.24, 2.45) is 0 Å². The van der Waals surface area contributed by atoms with Gasteiger partial charge in [-0.1, -0.05) is 18.2 Å². The SMILES string of the molecule is CN(C)C(=O)c1ccccc1-c1c(F)cc(N)c(N)c1F. The van der Waals surface area contributed by atoms with Gasteiger partial charge in [0.25, 0.3) is 5.91 Å². The fourth-order valence-corrected chi connectivity index (χ4v) is 2.03. The molecule has 0 saturated carbocycles. The Morgan fingerprint density at radius 1 is 1.14 bits per heavy atom. The van der Waals surface area contributed by atoms with Gasteiger partial charge in [-0.2, -0.15) is 0 Å². The first-order valence-corrected chi connectivity index (χ1v) is 6.18. The highest BCUT2D eigenvalue weighted by molar-refractivity contribution is 6.01. The van der Waals surface area contributed by atoms with Crippen LogP contribution in [0.25, 0.3) is 11.1 Å². The summed E-state index contributed by atoms with van der Waals surface area (Å²) in [5.41, 5.74) is 10.4. The van der Waals surface area contributed by atoms with Crippen molar-refractivity contribution in [2.45, 2.75) is 0 Å². The number of anilines is 2. The first kappa shape index (κ1) is 14.8. The van der Waals surface area contributed by atoms with Gasteiger partial charge >= 0.3 is 0 Å². The van der Waals surface area contributed by atoms with E-state index in [4.69, 9.17) is 11.5 Å². The molecule has 0 spiro atoms. The summed E-state index contributed by atoms with van der Waals surface area (Å²) in [7, 11) is 3.12. The van der Waals surface area contributed by atoms with Crippen molar-refractivity contribution in [3.8, 4) is 11.1 Å². The standard InChI is InChI=1S/C15H15F2N3O/c1-20(2)15(21)9-6-4-3-5-8(9)12-10(16)7-11(18)14(19)13(12)17/h3-7H,18-19H2,1-2H3. The molecular weight excluding hydrogens is 276 g/mol. The third-order valence-electron chi connectivity index (χ3n) is 3.12. The number of benzene rings is 2. The zero-order valence-electron chi connectivity index (χ0n) is 11.7. The van der Waals surface area contributed by atoms with E-state index in [0.717, 1.165) is 6.07 Å². The number of halogens is 2. The predicted molar refractivity (Wildman–Crippen MR) is 78.6 cm³/mol. The van der Waals surface area contributed by atoms with Crippen LogP contribution in [0.4, 0.5) is 20.2 Å². The van der Waals surface area contributed by atoms with E-state index in [-0.39, 0.29) is 34.0 Å². The molecule has 0 fully saturated rings. The monoisotopic (exact) mass is 291 g/mol. The number of nitrogens with two attached hydrogens (primary N) is 2. The van der Waals surface area contributed by atoms with Crippen LogP contribution < -0.4 is 11.5 Å². The number of nitrogens with zero attached hydrogens (tertiary/aromatic N) is 1. The molecule has 1 amide bonds. The van der Waals surface area contributed by atoms with Crippen LogP contribution in [0.15, 0.2) is 30.3 Å². The summed E-state index contributed by atoms with van der Waals surface area (Å²) < 4.78 is 28.4. The molecule has 2 aromatic carbocycles. The van der Waals surface area contributed by atoms with Gasteiger partial charge in [0.2, 0.25) is 0 Å². The lowest BCUT2D eigenvalue weighted by Gasteiger charge is -2.16. The lowest BCUT2D eigenvalue weighted by atomic mass is 9.97. The molecule has 0 unspecified atom stereocenters. The fourth-order valence-electron chi connectivity index (χ4n) is 2.03. The molecule has 4 nitrogen and oxygen atoms in total. The number of hydrogen-bond acceptors (Lipinski definition) is 3. The molecule has 0 aromatic heterocycles. The maximum Gasteiger partial charge on any atom is 0.253 e. The van der Waals surface area contributed by atoms with Crippen LogP contribution in [0, 0.1) is 11.6 Å². The van der Waals surface area contributed by atoms with Gasteiger partial charge in [0.05, 0.1) is 16.9 Å². The fraction of sp³-hybridized carbons (Fsp3) is 0.133. The highest BCUT2D eigenvalue weighted by Gasteiger charge is 2.22. The van der Waals surface area contributed by atoms with Crippen LogP contribution >= 0.6 is 0 Å². The molecule has 0 aliphatic carbocycles. The Kier molecular flexibility index (Phi) is 3.80. The van der Waals surface area contributed by atoms with Gasteiger partial charge < -0.3 is 16.4 Å². The van der Waals surface area contributed by atoms with E-state index < -0.39 is 11.6 Å². The van der Waals surface area contributed by atoms with E-state index in [0.29, 0.717) is 0 Å². The normalized spacial score (nSPS) is 10.5. The van der Waals surface area contributed by atoms with Crippen LogP contribution in [0.5, 0.6) is 0 Å². The van der Waals surface area contributed by atoms with Gasteiger partial charge in [0.1, 0.15) is 5.82 Å². The van der Waals surface area contributed by atoms with E-state index in [1.165, 1.54) is 17.0 Å². The number of carbonyl (C=O) groups is 1. The zero-order chi connectivity index (χ0) is 15.7. The summed E-state index contributed by atoms with van der Waals surface area (Å²) in [5, 5.41) is 0. The molecule has 2 aromatic rings. The van der Waals surface area contributed by atoms with Gasteiger partial charge in [-0.05, 0) is 12.1 Å². The summed E-state index contributed by atoms with van der Waals surface area (Å²) >= 11 is 0. The number of hydrogen-bond donors (Lipinski definition) is 2. The molecule has 4 N–H and O–H groups in total. The molecule has 0 saturated heterocycles. The molecule has 0 heterocycles. The second-order valence-electron chi connectivity index (χ2n) is 4.80. The third-order valence-corrected chi connectivity index (χ3v) is 3.12. The molecule has 2 rings (SSSR count). The second kappa shape index (κ2) is 5.40. The average molecular weight is 291 g/mol. The lowest BCUT2D eigenvalue weighted by Crippen LogP contribution is -2.22. The van der Waals surface area contributed by atoms with Crippen molar-refractivity contribution in [3.05, 3.63) is 47.5 Å². The second-order valence-corrected chi connectivity index (χ2v) is 4.80. The van der Waals surface area contributed by atoms with Crippen molar-refractivity contribution in [1.29, 1.82) is 0 Å². The molecule has 0 bridgehead atoms. The van der Waals surface area contributed by atoms with Crippen LogP contribution in [0.2, 0.25) is 0 Å². The van der Waals surface area contributed by atoms with Crippen molar-refractivity contribution >= 4 is 17.3 Å². The smallest absolute Gasteiger partial charge is 0.253 e. The lowest BCUT2D eigenvalue weighted by molar-refractivity contribution is 0.0828. The summed E-state index contributed by atoms with van der Waals surface area (Å²) in [6, 6.07) is 7.13. The zero-order valence-corrected chi connectivity index (χ0v) is 11.7. The Balaban J connectivity index is 2.75. The van der Waals surface area contributed by atoms with Crippen molar-refractivity contribution in [3.63, 3.8) is 0 Å². The van der Waals surface area contributed by atoms with Crippen molar-refractivity contribution in [1.82, 2.24) is 4.90 Å². The summed E-state index contributed by atoms with van der Waals surface area (Å²) in [5.74, 6) is -2.19. The number of rotatable bonds is 2. The van der Waals surface area contributed by atoms with E-state index in [1.54, 1.807) is 26.2 Å². The average Bonchev–Trinajstić information content (AvgIpc) is 2.44. The first-order chi connectivity index (χ1) is 9.84. The number of nitrogen functional groups attached to an aromatic ring is 2. The largest absolute Gasteiger partial charge is 0.397 e. The Morgan fingerprint density at radius 3 is 2.38 bits per heavy atom. The molecule has 0 radical (unpaired) electrons. The van der Waals surface area contributed by atoms with Crippen LogP contribution in [-0.2, 0) is 0 Å². The van der Waals surface area contributed by atoms with Gasteiger partial charge in [-0.3, -0.25) is 4.79 Å². The van der Waals surface area contributed by atoms with Crippen molar-refractivity contribution < 1.29 is 13.6 Å². The summed E-state index contributed by atoms with van der Waals surface area (Å²) in [4.78, 5) is 13.5. The molecule has 0 atom stereocenters. The van der Waals surface area contributed by atoms with E-state index in [1.807, 2.05) is 0 Å². The Morgan fingerprint density at radius 2 is 1.76 bits per heavy atom. The maximum atomic E-state index is 14.3. The quantitative estimate of drug-likeness (QED) is 0.835. The third kappa shape index (κ3) is 2.52. The molecule has 0 aliphatic rings. The molecule has 21 heavy (non-hydrogen) atoms. The summed E-state index contributed by atoms with van der Waals surface area (Å²) in [6.07, 6.45) is 0. The summed E-state index contributed by atoms with van der Waals surface area (Å²) in [6.45, 7) is 0.